The number of fused-ring (bicyclic) bond motifs is 1. The molecule has 0 saturated heterocycles. The standard InChI is InChI=1S/C21H19N3O2/c1-14-20(17-10-6-7-11-18(17)26-2)21-22-16(13-19(25)24(21)23-14)12-15-8-4-3-5-9-15/h3-11,13,23H,12H2,1-2H3. The summed E-state index contributed by atoms with van der Waals surface area (Å²) in [6, 6.07) is 19.4. The topological polar surface area (TPSA) is 59.4 Å². The first-order chi connectivity index (χ1) is 12.7. The number of benzene rings is 2. The number of hydrogen-bond acceptors (Lipinski definition) is 3. The lowest BCUT2D eigenvalue weighted by Gasteiger charge is -2.08. The van der Waals surface area contributed by atoms with Gasteiger partial charge in [0.05, 0.1) is 18.4 Å². The van der Waals surface area contributed by atoms with E-state index in [1.807, 2.05) is 61.5 Å². The molecule has 0 fully saturated rings. The Morgan fingerprint density at radius 1 is 1.08 bits per heavy atom. The Morgan fingerprint density at radius 2 is 1.81 bits per heavy atom. The third-order valence-corrected chi connectivity index (χ3v) is 4.45. The maximum absolute atomic E-state index is 12.6. The Kier molecular flexibility index (Phi) is 4.05. The molecule has 0 saturated carbocycles. The normalized spacial score (nSPS) is 11.0. The smallest absolute Gasteiger partial charge is 0.272 e. The minimum absolute atomic E-state index is 0.120. The first-order valence-electron chi connectivity index (χ1n) is 8.46. The Morgan fingerprint density at radius 3 is 2.58 bits per heavy atom. The average molecular weight is 345 g/mol. The summed E-state index contributed by atoms with van der Waals surface area (Å²) >= 11 is 0. The molecule has 0 radical (unpaired) electrons. The number of ether oxygens (including phenoxy) is 1. The second kappa shape index (κ2) is 6.52. The van der Waals surface area contributed by atoms with Gasteiger partial charge in [0.25, 0.3) is 5.56 Å². The quantitative estimate of drug-likeness (QED) is 0.615. The number of aromatic amines is 1. The van der Waals surface area contributed by atoms with Gasteiger partial charge in [0.1, 0.15) is 5.75 Å². The van der Waals surface area contributed by atoms with Crippen molar-refractivity contribution in [3.63, 3.8) is 0 Å². The zero-order valence-electron chi connectivity index (χ0n) is 14.7. The largest absolute Gasteiger partial charge is 0.496 e. The van der Waals surface area contributed by atoms with Gasteiger partial charge in [-0.25, -0.2) is 9.50 Å². The Labute approximate surface area is 150 Å². The first kappa shape index (κ1) is 16.1. The molecule has 0 spiro atoms. The molecular formula is C21H19N3O2. The summed E-state index contributed by atoms with van der Waals surface area (Å²) < 4.78 is 6.99. The molecule has 2 heterocycles. The van der Waals surface area contributed by atoms with Crippen molar-refractivity contribution in [3.05, 3.63) is 88.0 Å². The minimum Gasteiger partial charge on any atom is -0.496 e. The van der Waals surface area contributed by atoms with E-state index in [2.05, 4.69) is 5.10 Å². The summed E-state index contributed by atoms with van der Waals surface area (Å²) in [5.74, 6) is 0.750. The van der Waals surface area contributed by atoms with Gasteiger partial charge in [-0.1, -0.05) is 48.5 Å². The highest BCUT2D eigenvalue weighted by atomic mass is 16.5. The summed E-state index contributed by atoms with van der Waals surface area (Å²) in [5.41, 5.74) is 5.03. The highest BCUT2D eigenvalue weighted by Crippen LogP contribution is 2.34. The van der Waals surface area contributed by atoms with Crippen LogP contribution < -0.4 is 10.3 Å². The van der Waals surface area contributed by atoms with Crippen molar-refractivity contribution in [2.45, 2.75) is 13.3 Å². The van der Waals surface area contributed by atoms with E-state index in [1.54, 1.807) is 13.2 Å². The Balaban J connectivity index is 1.91. The van der Waals surface area contributed by atoms with Crippen LogP contribution in [-0.4, -0.2) is 21.7 Å². The number of nitrogens with zero attached hydrogens (tertiary/aromatic N) is 2. The lowest BCUT2D eigenvalue weighted by Crippen LogP contribution is -2.15. The number of hydrogen-bond donors (Lipinski definition) is 1. The SMILES string of the molecule is COc1ccccc1-c1c(C)[nH]n2c(=O)cc(Cc3ccccc3)nc12. The molecule has 5 heteroatoms. The molecule has 4 aromatic rings. The van der Waals surface area contributed by atoms with Crippen molar-refractivity contribution in [1.82, 2.24) is 14.6 Å². The minimum atomic E-state index is -0.120. The van der Waals surface area contributed by atoms with Gasteiger partial charge in [0, 0.05) is 23.7 Å². The predicted molar refractivity (Wildman–Crippen MR) is 102 cm³/mol. The summed E-state index contributed by atoms with van der Waals surface area (Å²) in [5, 5.41) is 3.12. The molecule has 0 aliphatic heterocycles. The molecule has 0 bridgehead atoms. The average Bonchev–Trinajstić information content (AvgIpc) is 2.99. The summed E-state index contributed by atoms with van der Waals surface area (Å²) in [6.07, 6.45) is 0.613. The molecule has 130 valence electrons. The Bertz CT molecular complexity index is 1130. The van der Waals surface area contributed by atoms with Crippen LogP contribution in [0.3, 0.4) is 0 Å². The van der Waals surface area contributed by atoms with E-state index in [0.717, 1.165) is 33.8 Å². The lowest BCUT2D eigenvalue weighted by atomic mass is 10.0. The summed E-state index contributed by atoms with van der Waals surface area (Å²) in [6.45, 7) is 1.94. The molecule has 2 aromatic heterocycles. The monoisotopic (exact) mass is 345 g/mol. The zero-order valence-corrected chi connectivity index (χ0v) is 14.7. The van der Waals surface area contributed by atoms with E-state index >= 15 is 0 Å². The van der Waals surface area contributed by atoms with E-state index in [-0.39, 0.29) is 5.56 Å². The molecule has 5 nitrogen and oxygen atoms in total. The number of aromatic nitrogens is 3. The van der Waals surface area contributed by atoms with E-state index in [4.69, 9.17) is 9.72 Å². The maximum Gasteiger partial charge on any atom is 0.272 e. The van der Waals surface area contributed by atoms with Crippen molar-refractivity contribution in [3.8, 4) is 16.9 Å². The third-order valence-electron chi connectivity index (χ3n) is 4.45. The van der Waals surface area contributed by atoms with Gasteiger partial charge in [-0.15, -0.1) is 0 Å². The van der Waals surface area contributed by atoms with Gasteiger partial charge < -0.3 is 4.74 Å². The van der Waals surface area contributed by atoms with Gasteiger partial charge in [-0.05, 0) is 18.6 Å². The highest BCUT2D eigenvalue weighted by molar-refractivity contribution is 5.83. The fraction of sp³-hybridized carbons (Fsp3) is 0.143. The number of nitrogens with one attached hydrogen (secondary N) is 1. The fourth-order valence-electron chi connectivity index (χ4n) is 3.27. The van der Waals surface area contributed by atoms with Crippen LogP contribution in [0.25, 0.3) is 16.8 Å². The van der Waals surface area contributed by atoms with Gasteiger partial charge in [-0.3, -0.25) is 9.89 Å². The first-order valence-corrected chi connectivity index (χ1v) is 8.46. The highest BCUT2D eigenvalue weighted by Gasteiger charge is 2.17. The van der Waals surface area contributed by atoms with Crippen LogP contribution in [0.4, 0.5) is 0 Å². The Hall–Kier alpha value is -3.34. The predicted octanol–water partition coefficient (Wildman–Crippen LogP) is 3.60. The second-order valence-electron chi connectivity index (χ2n) is 6.22. The van der Waals surface area contributed by atoms with E-state index in [1.165, 1.54) is 4.52 Å². The number of H-pyrrole nitrogens is 1. The van der Waals surface area contributed by atoms with E-state index in [9.17, 15) is 4.79 Å². The molecule has 0 aliphatic rings. The lowest BCUT2D eigenvalue weighted by molar-refractivity contribution is 0.416. The summed E-state index contributed by atoms with van der Waals surface area (Å²) in [4.78, 5) is 17.4. The molecule has 0 aliphatic carbocycles. The molecule has 0 unspecified atom stereocenters. The van der Waals surface area contributed by atoms with Crippen molar-refractivity contribution in [2.75, 3.05) is 7.11 Å². The van der Waals surface area contributed by atoms with Gasteiger partial charge in [0.2, 0.25) is 0 Å². The van der Waals surface area contributed by atoms with Crippen LogP contribution in [0.5, 0.6) is 5.75 Å². The molecule has 26 heavy (non-hydrogen) atoms. The number of rotatable bonds is 4. The number of aryl methyl sites for hydroxylation is 1. The maximum atomic E-state index is 12.6. The molecule has 0 atom stereocenters. The van der Waals surface area contributed by atoms with Crippen molar-refractivity contribution < 1.29 is 4.74 Å². The van der Waals surface area contributed by atoms with Gasteiger partial charge >= 0.3 is 0 Å². The molecule has 2 aromatic carbocycles. The second-order valence-corrected chi connectivity index (χ2v) is 6.22. The van der Waals surface area contributed by atoms with Crippen LogP contribution >= 0.6 is 0 Å². The third kappa shape index (κ3) is 2.77. The molecule has 4 rings (SSSR count). The van der Waals surface area contributed by atoms with E-state index in [0.29, 0.717) is 12.1 Å². The van der Waals surface area contributed by atoms with Crippen molar-refractivity contribution in [1.29, 1.82) is 0 Å². The van der Waals surface area contributed by atoms with Gasteiger partial charge in [0.15, 0.2) is 5.65 Å². The van der Waals surface area contributed by atoms with Crippen molar-refractivity contribution >= 4 is 5.65 Å². The number of para-hydroxylation sites is 1. The van der Waals surface area contributed by atoms with Crippen LogP contribution in [-0.2, 0) is 6.42 Å². The molecule has 0 amide bonds. The summed E-state index contributed by atoms with van der Waals surface area (Å²) in [7, 11) is 1.64. The van der Waals surface area contributed by atoms with Crippen LogP contribution in [0.2, 0.25) is 0 Å². The van der Waals surface area contributed by atoms with Crippen LogP contribution in [0, 0.1) is 6.92 Å². The van der Waals surface area contributed by atoms with Crippen LogP contribution in [0.1, 0.15) is 17.0 Å². The molecule has 1 N–H and O–H groups in total. The number of methoxy groups -OCH3 is 1. The van der Waals surface area contributed by atoms with Crippen molar-refractivity contribution in [2.24, 2.45) is 0 Å². The zero-order chi connectivity index (χ0) is 18.1. The van der Waals surface area contributed by atoms with Crippen LogP contribution in [0.15, 0.2) is 65.5 Å². The van der Waals surface area contributed by atoms with Gasteiger partial charge in [-0.2, -0.15) is 0 Å². The van der Waals surface area contributed by atoms with E-state index < -0.39 is 0 Å². The molecular weight excluding hydrogens is 326 g/mol. The fourth-order valence-corrected chi connectivity index (χ4v) is 3.27.